The van der Waals surface area contributed by atoms with Gasteiger partial charge in [0.25, 0.3) is 0 Å². The van der Waals surface area contributed by atoms with Crippen molar-refractivity contribution in [3.05, 3.63) is 82.1 Å². The standard InChI is InChI=1S/C72H105N16O16P/c1-36-24-48-49(25-37(36)2)88(35-82-48)66-61(97)62(50(33-89)102-66)104-105(99,100)103-38(3)31-80-58(96)20-21-69(8)45(27-54(76)92)65-72(11)71(10,30-56(78)94)44(16-19-57(95)79-22-13-23-87-32-41(81-34-87)26-46(73)67(98)101-12)60(86-72)40(5)64-70(9,29-55(77)93)42(14-17-52(74)90)47(83-64)28-51-68(6,7)43(15-18-53(75)91)59(84-51)39(4)63(69)85-65/h24-25,28,32,34-35,38,42-46,50,61-62,65-66,83,89,97H,13-23,26-27,29-31,33,73H2,1-12H3,(H2,74,90)(H2,75,91)(H2,76,92)(H2,77,93)(H2,78,94)(H,79,95)(H,80,96)(H,99,100)/b47-28-,59-39-,64-40-/t38-,42-,43-,44-,45+,46+,50-,61-,62-,65-,66+,69-,70+,71+,72+/m1/s1. The number of methoxy groups -OCH3 is 1. The average Bonchev–Trinajstić information content (AvgIpc) is 1.53. The van der Waals surface area contributed by atoms with E-state index in [1.807, 2.05) is 92.0 Å². The zero-order chi connectivity index (χ0) is 77.4. The number of imidazole rings is 2. The summed E-state index contributed by atoms with van der Waals surface area (Å²) in [4.78, 5) is 145. The minimum atomic E-state index is -5.10. The number of aryl methyl sites for hydroxylation is 3. The largest absolute Gasteiger partial charge is 0.472 e. The molecule has 7 amide bonds. The van der Waals surface area contributed by atoms with E-state index in [1.165, 1.54) is 20.4 Å². The Balaban J connectivity index is 1.08. The van der Waals surface area contributed by atoms with E-state index in [0.29, 0.717) is 75.1 Å². The number of phosphoric ester groups is 1. The van der Waals surface area contributed by atoms with E-state index in [2.05, 4.69) is 25.9 Å². The smallest absolute Gasteiger partial charge is 0.468 e. The summed E-state index contributed by atoms with van der Waals surface area (Å²) in [6.45, 7) is 20.0. The van der Waals surface area contributed by atoms with Crippen molar-refractivity contribution >= 4 is 83.3 Å². The second-order valence-electron chi connectivity index (χ2n) is 30.8. The van der Waals surface area contributed by atoms with Gasteiger partial charge in [-0.3, -0.25) is 62.4 Å². The highest BCUT2D eigenvalue weighted by molar-refractivity contribution is 7.47. The van der Waals surface area contributed by atoms with E-state index in [4.69, 9.17) is 67.9 Å². The lowest BCUT2D eigenvalue weighted by Gasteiger charge is -2.48. The van der Waals surface area contributed by atoms with Crippen molar-refractivity contribution in [3.63, 3.8) is 0 Å². The quantitative estimate of drug-likeness (QED) is 0.0237. The summed E-state index contributed by atoms with van der Waals surface area (Å²) in [7, 11) is -3.85. The summed E-state index contributed by atoms with van der Waals surface area (Å²) in [6.07, 6.45) is -0.482. The predicted octanol–water partition coefficient (Wildman–Crippen LogP) is 3.12. The molecule has 0 radical (unpaired) electrons. The summed E-state index contributed by atoms with van der Waals surface area (Å²) in [5.41, 5.74) is 38.1. The number of aliphatic imine (C=N–C) groups is 3. The molecule has 33 heteroatoms. The number of allylic oxidation sites excluding steroid dienone is 6. The molecule has 6 aliphatic heterocycles. The number of primary amides is 5. The van der Waals surface area contributed by atoms with Crippen LogP contribution >= 0.6 is 7.82 Å². The van der Waals surface area contributed by atoms with Crippen molar-refractivity contribution < 1.29 is 76.5 Å². The fraction of sp³-hybridized carbons (Fsp3) is 0.625. The number of aromatic nitrogens is 4. The number of carbonyl (C=O) groups excluding carboxylic acids is 8. The third-order valence-electron chi connectivity index (χ3n) is 23.1. The molecule has 32 nitrogen and oxygen atoms in total. The second-order valence-corrected chi connectivity index (χ2v) is 32.1. The molecule has 2 aromatic heterocycles. The van der Waals surface area contributed by atoms with Crippen LogP contribution in [0.3, 0.4) is 0 Å². The highest BCUT2D eigenvalue weighted by atomic mass is 31.2. The Morgan fingerprint density at radius 2 is 1.45 bits per heavy atom. The van der Waals surface area contributed by atoms with Crippen LogP contribution in [-0.2, 0) is 74.4 Å². The first-order valence-electron chi connectivity index (χ1n) is 35.7. The van der Waals surface area contributed by atoms with Crippen LogP contribution in [0.25, 0.3) is 11.0 Å². The van der Waals surface area contributed by atoms with Gasteiger partial charge in [-0.25, -0.2) is 14.5 Å². The number of esters is 1. The Labute approximate surface area is 610 Å². The van der Waals surface area contributed by atoms with E-state index < -0.39 is 149 Å². The highest BCUT2D eigenvalue weighted by Crippen LogP contribution is 2.63. The average molecular weight is 1480 g/mol. The summed E-state index contributed by atoms with van der Waals surface area (Å²) in [5, 5.41) is 31.5. The molecule has 0 spiro atoms. The number of aliphatic hydroxyl groups is 2. The van der Waals surface area contributed by atoms with E-state index in [-0.39, 0.29) is 96.0 Å². The molecule has 574 valence electrons. The topological polar surface area (TPSA) is 516 Å². The molecule has 1 unspecified atom stereocenters. The summed E-state index contributed by atoms with van der Waals surface area (Å²) in [5.74, 6) is -7.68. The molecule has 6 aliphatic rings. The molecular formula is C72H105N16O16P. The zero-order valence-electron chi connectivity index (χ0n) is 62.0. The van der Waals surface area contributed by atoms with Gasteiger partial charge in [0.05, 0.1) is 60.8 Å². The number of nitrogens with two attached hydrogens (primary N) is 6. The van der Waals surface area contributed by atoms with Crippen molar-refractivity contribution in [1.29, 1.82) is 0 Å². The number of hydrogen-bond acceptors (Lipinski definition) is 22. The molecule has 105 heavy (non-hydrogen) atoms. The summed E-state index contributed by atoms with van der Waals surface area (Å²) < 4.78 is 39.1. The molecule has 2 fully saturated rings. The van der Waals surface area contributed by atoms with E-state index >= 15 is 0 Å². The Kier molecular flexibility index (Phi) is 24.3. The van der Waals surface area contributed by atoms with Gasteiger partial charge in [0.15, 0.2) is 6.23 Å². The molecule has 0 aliphatic carbocycles. The minimum Gasteiger partial charge on any atom is -0.468 e. The normalized spacial score (nSPS) is 31.3. The van der Waals surface area contributed by atoms with Crippen LogP contribution < -0.4 is 50.4 Å². The van der Waals surface area contributed by atoms with E-state index in [9.17, 15) is 58.0 Å². The molecule has 18 N–H and O–H groups in total. The number of aliphatic hydroxyl groups excluding tert-OH is 2. The molecule has 8 bridgehead atoms. The first-order chi connectivity index (χ1) is 49.1. The summed E-state index contributed by atoms with van der Waals surface area (Å²) >= 11 is 0. The lowest BCUT2D eigenvalue weighted by molar-refractivity contribution is -0.142. The maximum atomic E-state index is 14.6. The van der Waals surface area contributed by atoms with Gasteiger partial charge in [-0.15, -0.1) is 0 Å². The number of fused-ring (bicyclic) bond motifs is 7. The number of nitrogens with zero attached hydrogens (tertiary/aromatic N) is 7. The summed E-state index contributed by atoms with van der Waals surface area (Å²) in [6, 6.07) is 1.75. The monoisotopic (exact) mass is 1480 g/mol. The molecular weight excluding hydrogens is 1380 g/mol. The predicted molar refractivity (Wildman–Crippen MR) is 388 cm³/mol. The first-order valence-corrected chi connectivity index (χ1v) is 37.2. The molecule has 0 saturated carbocycles. The van der Waals surface area contributed by atoms with Crippen LogP contribution in [0.4, 0.5) is 0 Å². The maximum absolute atomic E-state index is 14.6. The van der Waals surface area contributed by atoms with Crippen LogP contribution in [0.5, 0.6) is 0 Å². The number of rotatable bonds is 33. The van der Waals surface area contributed by atoms with Crippen LogP contribution in [-0.4, -0.2) is 168 Å². The number of ether oxygens (including phenoxy) is 2. The molecule has 2 saturated heterocycles. The lowest BCUT2D eigenvalue weighted by Crippen LogP contribution is -2.56. The molecule has 3 aromatic rings. The van der Waals surface area contributed by atoms with Crippen molar-refractivity contribution in [2.24, 2.45) is 94.7 Å². The number of hydrogen-bond donors (Lipinski definition) is 12. The second kappa shape index (κ2) is 31.6. The van der Waals surface area contributed by atoms with Crippen LogP contribution in [0.1, 0.15) is 162 Å². The maximum Gasteiger partial charge on any atom is 0.472 e. The Morgan fingerprint density at radius 3 is 2.09 bits per heavy atom. The number of benzene rings is 1. The van der Waals surface area contributed by atoms with Crippen molar-refractivity contribution in [3.8, 4) is 0 Å². The molecule has 9 rings (SSSR count). The van der Waals surface area contributed by atoms with Crippen LogP contribution in [0, 0.1) is 59.2 Å². The Hall–Kier alpha value is -8.36. The number of amides is 7. The Morgan fingerprint density at radius 1 is 0.800 bits per heavy atom. The number of nitrogens with one attached hydrogen (secondary N) is 3. The minimum absolute atomic E-state index is 0.0351. The van der Waals surface area contributed by atoms with E-state index in [0.717, 1.165) is 11.1 Å². The first kappa shape index (κ1) is 80.7. The van der Waals surface area contributed by atoms with Crippen LogP contribution in [0.2, 0.25) is 0 Å². The van der Waals surface area contributed by atoms with Crippen molar-refractivity contribution in [2.75, 3.05) is 26.8 Å². The van der Waals surface area contributed by atoms with Gasteiger partial charge in [-0.05, 0) is 114 Å². The van der Waals surface area contributed by atoms with E-state index in [1.54, 1.807) is 17.1 Å². The molecule has 8 heterocycles. The number of phosphoric acid groups is 1. The SMILES string of the molecule is COC(=O)[C@@H](N)Cc1cn(CCCNC(=O)CC[C@@H]2C3=N[C@@](C)([C@@H]4N=C(/C(C)=C5N=C(/C=C6\N/C(=C\3C)[C@@](C)(CC(N)=O)[C@@H]6CCC(N)=O)C(C)(C)[C@@H]\5CCC(N)=O)[C@](C)(CCC(=O)NC[C@@H](C)OP(=O)(O)O[C@H]3[C@@H](O)[C@@H](n5cnc6cc(C)c(C)cc65)O[C@@H]3CO)[C@H]4CC(N)=O)[C@@]2(C)CC(N)=O)cn1. The third-order valence-corrected chi connectivity index (χ3v) is 24.2. The van der Waals surface area contributed by atoms with Gasteiger partial charge in [-0.1, -0.05) is 34.6 Å². The number of carbonyl (C=O) groups is 8. The Bertz CT molecular complexity index is 4180. The fourth-order valence-electron chi connectivity index (χ4n) is 17.1. The highest BCUT2D eigenvalue weighted by Gasteiger charge is 2.66. The molecule has 16 atom stereocenters. The van der Waals surface area contributed by atoms with Gasteiger partial charge in [0.1, 0.15) is 24.4 Å². The zero-order valence-corrected chi connectivity index (χ0v) is 62.9. The fourth-order valence-corrected chi connectivity index (χ4v) is 18.2. The third kappa shape index (κ3) is 16.6. The van der Waals surface area contributed by atoms with Gasteiger partial charge in [0.2, 0.25) is 41.4 Å². The van der Waals surface area contributed by atoms with Gasteiger partial charge in [0, 0.05) is 157 Å². The van der Waals surface area contributed by atoms with Crippen molar-refractivity contribution in [2.45, 2.75) is 214 Å². The van der Waals surface area contributed by atoms with Gasteiger partial charge in [-0.2, -0.15) is 0 Å². The van der Waals surface area contributed by atoms with Crippen molar-refractivity contribution in [1.82, 2.24) is 35.1 Å². The van der Waals surface area contributed by atoms with Gasteiger partial charge < -0.3 is 84.1 Å². The lowest BCUT2D eigenvalue weighted by atomic mass is 9.55. The molecule has 1 aromatic carbocycles. The van der Waals surface area contributed by atoms with Crippen LogP contribution in [0.15, 0.2) is 80.3 Å². The van der Waals surface area contributed by atoms with Gasteiger partial charge >= 0.3 is 13.8 Å².